The van der Waals surface area contributed by atoms with Gasteiger partial charge in [0.15, 0.2) is 0 Å². The quantitative estimate of drug-likeness (QED) is 0.631. The molecule has 4 rings (SSSR count). The fraction of sp³-hybridized carbons (Fsp3) is 0.333. The lowest BCUT2D eigenvalue weighted by molar-refractivity contribution is 0.103. The smallest absolute Gasteiger partial charge is 0.267 e. The van der Waals surface area contributed by atoms with Crippen molar-refractivity contribution in [1.29, 1.82) is 0 Å². The summed E-state index contributed by atoms with van der Waals surface area (Å²) in [6, 6.07) is 12.2. The Labute approximate surface area is 167 Å². The normalized spacial score (nSPS) is 14.6. The number of hydrogen-bond donors (Lipinski definition) is 1. The number of nitrogens with zero attached hydrogens (tertiary/aromatic N) is 2. The van der Waals surface area contributed by atoms with Gasteiger partial charge in [-0.15, -0.1) is 22.7 Å². The molecule has 1 aliphatic rings. The molecule has 0 saturated carbocycles. The van der Waals surface area contributed by atoms with Gasteiger partial charge in [-0.05, 0) is 68.4 Å². The van der Waals surface area contributed by atoms with Crippen LogP contribution in [0.5, 0.6) is 0 Å². The number of hydrogen-bond acceptors (Lipinski definition) is 5. The fourth-order valence-corrected chi connectivity index (χ4v) is 5.11. The van der Waals surface area contributed by atoms with Gasteiger partial charge in [0.2, 0.25) is 0 Å². The van der Waals surface area contributed by atoms with Gasteiger partial charge in [0.25, 0.3) is 5.91 Å². The van der Waals surface area contributed by atoms with Gasteiger partial charge in [-0.1, -0.05) is 18.2 Å². The van der Waals surface area contributed by atoms with E-state index < -0.39 is 0 Å². The van der Waals surface area contributed by atoms with Crippen LogP contribution in [0.3, 0.4) is 0 Å². The zero-order chi connectivity index (χ0) is 18.6. The molecule has 0 bridgehead atoms. The number of amides is 1. The van der Waals surface area contributed by atoms with Crippen molar-refractivity contribution in [3.63, 3.8) is 0 Å². The lowest BCUT2D eigenvalue weighted by Gasteiger charge is -2.14. The highest BCUT2D eigenvalue weighted by Crippen LogP contribution is 2.31. The summed E-state index contributed by atoms with van der Waals surface area (Å²) in [6.07, 6.45) is 3.72. The molecule has 3 heterocycles. The lowest BCUT2D eigenvalue weighted by Crippen LogP contribution is -2.21. The number of aromatic nitrogens is 1. The maximum absolute atomic E-state index is 12.7. The zero-order valence-electron chi connectivity index (χ0n) is 15.4. The predicted octanol–water partition coefficient (Wildman–Crippen LogP) is 5.07. The van der Waals surface area contributed by atoms with Gasteiger partial charge in [0, 0.05) is 12.2 Å². The molecule has 2 aromatic heterocycles. The van der Waals surface area contributed by atoms with Gasteiger partial charge in [-0.2, -0.15) is 0 Å². The summed E-state index contributed by atoms with van der Waals surface area (Å²) in [5.74, 6) is -0.0855. The minimum Gasteiger partial charge on any atom is -0.321 e. The average molecular weight is 398 g/mol. The topological polar surface area (TPSA) is 45.2 Å². The first-order valence-corrected chi connectivity index (χ1v) is 11.0. The molecule has 0 unspecified atom stereocenters. The number of benzene rings is 1. The molecule has 0 spiro atoms. The molecule has 0 aliphatic carbocycles. The van der Waals surface area contributed by atoms with Crippen LogP contribution in [-0.2, 0) is 6.42 Å². The van der Waals surface area contributed by atoms with Crippen LogP contribution >= 0.6 is 22.7 Å². The Balaban J connectivity index is 1.38. The third-order valence-electron chi connectivity index (χ3n) is 4.86. The highest BCUT2D eigenvalue weighted by molar-refractivity contribution is 7.22. The van der Waals surface area contributed by atoms with Gasteiger partial charge >= 0.3 is 0 Å². The molecule has 140 valence electrons. The van der Waals surface area contributed by atoms with E-state index in [1.165, 1.54) is 42.8 Å². The van der Waals surface area contributed by atoms with Gasteiger partial charge in [0.1, 0.15) is 9.88 Å². The Hall–Kier alpha value is -2.02. The molecule has 1 aromatic carbocycles. The summed E-state index contributed by atoms with van der Waals surface area (Å²) in [4.78, 5) is 21.5. The maximum atomic E-state index is 12.7. The van der Waals surface area contributed by atoms with E-state index in [0.29, 0.717) is 4.88 Å². The fourth-order valence-electron chi connectivity index (χ4n) is 3.35. The average Bonchev–Trinajstić information content (AvgIpc) is 3.42. The molecule has 1 saturated heterocycles. The molecule has 1 N–H and O–H groups in total. The molecule has 6 heteroatoms. The second kappa shape index (κ2) is 8.33. The van der Waals surface area contributed by atoms with Crippen molar-refractivity contribution in [3.05, 3.63) is 57.9 Å². The van der Waals surface area contributed by atoms with Crippen molar-refractivity contribution in [2.45, 2.75) is 26.2 Å². The highest BCUT2D eigenvalue weighted by Gasteiger charge is 2.17. The summed E-state index contributed by atoms with van der Waals surface area (Å²) in [5, 5.41) is 5.94. The van der Waals surface area contributed by atoms with Gasteiger partial charge < -0.3 is 10.2 Å². The Morgan fingerprint density at radius 3 is 2.67 bits per heavy atom. The summed E-state index contributed by atoms with van der Waals surface area (Å²) in [7, 11) is 0. The van der Waals surface area contributed by atoms with Crippen molar-refractivity contribution in [2.24, 2.45) is 0 Å². The molecule has 0 atom stereocenters. The number of thiazole rings is 1. The van der Waals surface area contributed by atoms with Crippen LogP contribution in [0.25, 0.3) is 9.88 Å². The Morgan fingerprint density at radius 1 is 1.19 bits per heavy atom. The van der Waals surface area contributed by atoms with Gasteiger partial charge in [-0.25, -0.2) is 4.98 Å². The molecular weight excluding hydrogens is 374 g/mol. The first kappa shape index (κ1) is 18.3. The van der Waals surface area contributed by atoms with E-state index in [-0.39, 0.29) is 5.91 Å². The van der Waals surface area contributed by atoms with Crippen molar-refractivity contribution < 1.29 is 4.79 Å². The van der Waals surface area contributed by atoms with E-state index in [4.69, 9.17) is 0 Å². The van der Waals surface area contributed by atoms with E-state index in [1.807, 2.05) is 36.6 Å². The number of anilines is 1. The Bertz CT molecular complexity index is 894. The van der Waals surface area contributed by atoms with Crippen LogP contribution in [0.1, 0.15) is 33.8 Å². The van der Waals surface area contributed by atoms with Crippen LogP contribution in [0.2, 0.25) is 0 Å². The SMILES string of the molecule is Cc1nc(-c2cccs2)sc1C(=O)Nc1ccc(CCN2CCCC2)cc1. The van der Waals surface area contributed by atoms with E-state index in [0.717, 1.165) is 34.2 Å². The van der Waals surface area contributed by atoms with E-state index in [9.17, 15) is 4.79 Å². The van der Waals surface area contributed by atoms with Crippen LogP contribution < -0.4 is 5.32 Å². The number of carbonyl (C=O) groups excluding carboxylic acids is 1. The number of likely N-dealkylation sites (tertiary alicyclic amines) is 1. The largest absolute Gasteiger partial charge is 0.321 e. The van der Waals surface area contributed by atoms with Crippen LogP contribution in [-0.4, -0.2) is 35.4 Å². The van der Waals surface area contributed by atoms with E-state index >= 15 is 0 Å². The minimum absolute atomic E-state index is 0.0855. The lowest BCUT2D eigenvalue weighted by atomic mass is 10.1. The zero-order valence-corrected chi connectivity index (χ0v) is 17.0. The Kier molecular flexibility index (Phi) is 5.66. The highest BCUT2D eigenvalue weighted by atomic mass is 32.1. The van der Waals surface area contributed by atoms with Crippen LogP contribution in [0.15, 0.2) is 41.8 Å². The Morgan fingerprint density at radius 2 is 1.96 bits per heavy atom. The first-order chi connectivity index (χ1) is 13.2. The second-order valence-electron chi connectivity index (χ2n) is 6.86. The molecule has 1 fully saturated rings. The molecular formula is C21H23N3OS2. The molecule has 4 nitrogen and oxygen atoms in total. The molecule has 3 aromatic rings. The van der Waals surface area contributed by atoms with Crippen molar-refractivity contribution in [3.8, 4) is 9.88 Å². The van der Waals surface area contributed by atoms with Gasteiger partial charge in [0.05, 0.1) is 10.6 Å². The monoisotopic (exact) mass is 397 g/mol. The summed E-state index contributed by atoms with van der Waals surface area (Å²) in [5.41, 5.74) is 2.92. The third-order valence-corrected chi connectivity index (χ3v) is 7.06. The number of nitrogens with one attached hydrogen (secondary N) is 1. The van der Waals surface area contributed by atoms with Crippen molar-refractivity contribution in [2.75, 3.05) is 25.0 Å². The molecule has 1 aliphatic heterocycles. The van der Waals surface area contributed by atoms with E-state index in [1.54, 1.807) is 11.3 Å². The van der Waals surface area contributed by atoms with Crippen LogP contribution in [0.4, 0.5) is 5.69 Å². The molecule has 27 heavy (non-hydrogen) atoms. The summed E-state index contributed by atoms with van der Waals surface area (Å²) >= 11 is 3.09. The summed E-state index contributed by atoms with van der Waals surface area (Å²) in [6.45, 7) is 5.48. The number of rotatable bonds is 6. The molecule has 1 amide bonds. The maximum Gasteiger partial charge on any atom is 0.267 e. The van der Waals surface area contributed by atoms with E-state index in [2.05, 4.69) is 27.3 Å². The number of thiophene rings is 1. The minimum atomic E-state index is -0.0855. The number of aryl methyl sites for hydroxylation is 1. The summed E-state index contributed by atoms with van der Waals surface area (Å²) < 4.78 is 0. The second-order valence-corrected chi connectivity index (χ2v) is 8.81. The van der Waals surface area contributed by atoms with Crippen molar-refractivity contribution >= 4 is 34.3 Å². The van der Waals surface area contributed by atoms with Gasteiger partial charge in [-0.3, -0.25) is 4.79 Å². The molecule has 0 radical (unpaired) electrons. The number of carbonyl (C=O) groups is 1. The van der Waals surface area contributed by atoms with Crippen molar-refractivity contribution in [1.82, 2.24) is 9.88 Å². The standard InChI is InChI=1S/C21H23N3OS2/c1-15-19(27-21(22-15)18-5-4-14-26-18)20(25)23-17-8-6-16(7-9-17)10-13-24-11-2-3-12-24/h4-9,14H,2-3,10-13H2,1H3,(H,23,25). The first-order valence-electron chi connectivity index (χ1n) is 9.33. The van der Waals surface area contributed by atoms with Crippen LogP contribution in [0, 0.1) is 6.92 Å². The third kappa shape index (κ3) is 4.46. The predicted molar refractivity (Wildman–Crippen MR) is 114 cm³/mol.